The second-order valence-electron chi connectivity index (χ2n) is 15.7. The lowest BCUT2D eigenvalue weighted by Gasteiger charge is -2.59. The number of ether oxygens (including phenoxy) is 2. The summed E-state index contributed by atoms with van der Waals surface area (Å²) in [4.78, 5) is 22.1. The first-order chi connectivity index (χ1) is 23.5. The summed E-state index contributed by atoms with van der Waals surface area (Å²) in [5.74, 6) is 0.000856. The van der Waals surface area contributed by atoms with Gasteiger partial charge in [0.25, 0.3) is 0 Å². The molecule has 2 fully saturated rings. The molecule has 1 aliphatic heterocycles. The van der Waals surface area contributed by atoms with E-state index >= 15 is 0 Å². The summed E-state index contributed by atoms with van der Waals surface area (Å²) >= 11 is 0. The summed E-state index contributed by atoms with van der Waals surface area (Å²) in [6.07, 6.45) is 15.5. The van der Waals surface area contributed by atoms with Crippen LogP contribution < -0.4 is 4.74 Å². The number of allylic oxidation sites excluding steroid dienone is 1. The lowest BCUT2D eigenvalue weighted by atomic mass is 9.55. The number of nitrogens with zero attached hydrogens (tertiary/aromatic N) is 2. The predicted molar refractivity (Wildman–Crippen MR) is 191 cm³/mol. The number of phenols is 1. The van der Waals surface area contributed by atoms with Crippen molar-refractivity contribution in [3.63, 3.8) is 0 Å². The fourth-order valence-corrected chi connectivity index (χ4v) is 8.91. The van der Waals surface area contributed by atoms with Crippen molar-refractivity contribution in [2.24, 2.45) is 28.8 Å². The van der Waals surface area contributed by atoms with Gasteiger partial charge in [0.1, 0.15) is 23.1 Å². The largest absolute Gasteiger partial charge is 0.508 e. The quantitative estimate of drug-likeness (QED) is 0.0956. The summed E-state index contributed by atoms with van der Waals surface area (Å²) in [5, 5.41) is 35.1. The van der Waals surface area contributed by atoms with Crippen molar-refractivity contribution in [1.82, 2.24) is 4.90 Å². The third-order valence-corrected chi connectivity index (χ3v) is 11.2. The number of likely N-dealkylation sites (N-methyl/N-ethyl adjacent to an activating group) is 1. The number of carbonyl (C=O) groups is 1. The van der Waals surface area contributed by atoms with Gasteiger partial charge in [-0.3, -0.25) is 4.79 Å². The van der Waals surface area contributed by atoms with Crippen molar-refractivity contribution in [3.8, 4) is 11.5 Å². The summed E-state index contributed by atoms with van der Waals surface area (Å²) in [5.41, 5.74) is 2.18. The molecule has 9 heteroatoms. The van der Waals surface area contributed by atoms with Gasteiger partial charge in [0.05, 0.1) is 18.2 Å². The molecule has 1 aromatic rings. The number of fused-ring (bicyclic) bond motifs is 2. The summed E-state index contributed by atoms with van der Waals surface area (Å²) in [6.45, 7) is 10.4. The Hall–Kier alpha value is -2.88. The molecule has 1 heterocycles. The van der Waals surface area contributed by atoms with Gasteiger partial charge in [-0.15, -0.1) is 6.58 Å². The Kier molecular flexibility index (Phi) is 12.5. The fraction of sp³-hybridized carbons (Fsp3) is 0.700. The number of hydrogen-bond donors (Lipinski definition) is 3. The second-order valence-corrected chi connectivity index (χ2v) is 15.7. The minimum absolute atomic E-state index is 0.0656. The van der Waals surface area contributed by atoms with Gasteiger partial charge in [-0.2, -0.15) is 0 Å². The van der Waals surface area contributed by atoms with Crippen LogP contribution >= 0.6 is 0 Å². The van der Waals surface area contributed by atoms with E-state index in [0.717, 1.165) is 49.0 Å². The van der Waals surface area contributed by atoms with Gasteiger partial charge in [0.15, 0.2) is 0 Å². The first-order valence-electron chi connectivity index (χ1n) is 18.7. The van der Waals surface area contributed by atoms with Crippen molar-refractivity contribution >= 4 is 11.6 Å². The standard InChI is InChI=1S/C40H60N2O7/c1-6-23-47-40-35(42(5)36(46)20-17-27-13-7-8-14-27)26-33(41-49-39(2,3)4)31-24-28(15-9-11-21-43)30(16-10-12-22-44)37(38(31)40)32-25-29(45)18-19-34(32)48-40/h6,18-19,24-25,27-28,30,35,37-38,43-45H,1,7-17,20-23,26H2,2-5H3. The highest BCUT2D eigenvalue weighted by molar-refractivity contribution is 6.03. The molecule has 49 heavy (non-hydrogen) atoms. The summed E-state index contributed by atoms with van der Waals surface area (Å²) in [7, 11) is 1.88. The summed E-state index contributed by atoms with van der Waals surface area (Å²) in [6, 6.07) is 4.79. The first-order valence-corrected chi connectivity index (χ1v) is 18.7. The molecule has 5 rings (SSSR count). The van der Waals surface area contributed by atoms with E-state index in [1.54, 1.807) is 12.1 Å². The smallest absolute Gasteiger partial charge is 0.239 e. The molecule has 4 aliphatic rings. The number of aliphatic hydroxyl groups is 2. The van der Waals surface area contributed by atoms with E-state index in [2.05, 4.69) is 12.7 Å². The number of aliphatic hydroxyl groups excluding tert-OH is 2. The molecule has 0 bridgehead atoms. The van der Waals surface area contributed by atoms with Crippen LogP contribution in [0.3, 0.4) is 0 Å². The molecule has 6 unspecified atom stereocenters. The van der Waals surface area contributed by atoms with Crippen LogP contribution in [0, 0.1) is 23.7 Å². The number of rotatable bonds is 16. The first kappa shape index (κ1) is 37.4. The van der Waals surface area contributed by atoms with Gasteiger partial charge in [-0.25, -0.2) is 0 Å². The van der Waals surface area contributed by atoms with E-state index in [1.807, 2.05) is 44.9 Å². The number of phenolic OH excluding ortho intramolecular Hbond substituents is 1. The number of hydrogen-bond acceptors (Lipinski definition) is 8. The Morgan fingerprint density at radius 1 is 1.10 bits per heavy atom. The van der Waals surface area contributed by atoms with Crippen LogP contribution in [0.25, 0.3) is 0 Å². The van der Waals surface area contributed by atoms with Crippen LogP contribution in [0.1, 0.15) is 116 Å². The fourth-order valence-electron chi connectivity index (χ4n) is 8.91. The molecule has 0 radical (unpaired) electrons. The molecule has 2 saturated carbocycles. The van der Waals surface area contributed by atoms with Crippen LogP contribution in [-0.2, 0) is 14.4 Å². The molecular formula is C40H60N2O7. The van der Waals surface area contributed by atoms with E-state index in [-0.39, 0.29) is 55.1 Å². The third kappa shape index (κ3) is 8.37. The van der Waals surface area contributed by atoms with E-state index in [9.17, 15) is 20.1 Å². The molecule has 0 spiro atoms. The predicted octanol–water partition coefficient (Wildman–Crippen LogP) is 7.25. The lowest BCUT2D eigenvalue weighted by Crippen LogP contribution is -2.69. The molecule has 272 valence electrons. The number of aromatic hydroxyl groups is 1. The molecule has 3 N–H and O–H groups in total. The van der Waals surface area contributed by atoms with E-state index in [4.69, 9.17) is 19.5 Å². The topological polar surface area (TPSA) is 121 Å². The van der Waals surface area contributed by atoms with E-state index in [1.165, 1.54) is 25.7 Å². The molecular weight excluding hydrogens is 620 g/mol. The van der Waals surface area contributed by atoms with Crippen molar-refractivity contribution < 1.29 is 34.4 Å². The molecule has 0 saturated heterocycles. The average molecular weight is 681 g/mol. The maximum absolute atomic E-state index is 14.1. The van der Waals surface area contributed by atoms with Crippen LogP contribution in [0.15, 0.2) is 47.7 Å². The Bertz CT molecular complexity index is 1350. The Morgan fingerprint density at radius 3 is 2.49 bits per heavy atom. The molecule has 9 nitrogen and oxygen atoms in total. The molecule has 1 aromatic carbocycles. The summed E-state index contributed by atoms with van der Waals surface area (Å²) < 4.78 is 14.0. The number of carbonyl (C=O) groups excluding carboxylic acids is 1. The van der Waals surface area contributed by atoms with Crippen molar-refractivity contribution in [1.29, 1.82) is 0 Å². The zero-order valence-electron chi connectivity index (χ0n) is 30.2. The Labute approximate surface area is 293 Å². The van der Waals surface area contributed by atoms with Gasteiger partial charge in [-0.05, 0) is 94.4 Å². The van der Waals surface area contributed by atoms with Crippen molar-refractivity contribution in [3.05, 3.63) is 48.1 Å². The highest BCUT2D eigenvalue weighted by atomic mass is 16.7. The maximum atomic E-state index is 14.1. The minimum Gasteiger partial charge on any atom is -0.508 e. The van der Waals surface area contributed by atoms with Gasteiger partial charge in [0, 0.05) is 44.6 Å². The van der Waals surface area contributed by atoms with Crippen LogP contribution in [-0.4, -0.2) is 76.1 Å². The van der Waals surface area contributed by atoms with E-state index < -0.39 is 17.4 Å². The Balaban J connectivity index is 1.68. The third-order valence-electron chi connectivity index (χ3n) is 11.2. The molecule has 6 atom stereocenters. The zero-order valence-corrected chi connectivity index (χ0v) is 30.2. The Morgan fingerprint density at radius 2 is 1.82 bits per heavy atom. The molecule has 0 aromatic heterocycles. The minimum atomic E-state index is -1.25. The second kappa shape index (κ2) is 16.4. The highest BCUT2D eigenvalue weighted by Gasteiger charge is 2.65. The van der Waals surface area contributed by atoms with Crippen LogP contribution in [0.2, 0.25) is 0 Å². The lowest BCUT2D eigenvalue weighted by molar-refractivity contribution is -0.255. The van der Waals surface area contributed by atoms with Gasteiger partial charge < -0.3 is 34.5 Å². The highest BCUT2D eigenvalue weighted by Crippen LogP contribution is 2.61. The van der Waals surface area contributed by atoms with Gasteiger partial charge in [-0.1, -0.05) is 55.8 Å². The zero-order chi connectivity index (χ0) is 35.2. The van der Waals surface area contributed by atoms with E-state index in [0.29, 0.717) is 37.4 Å². The van der Waals surface area contributed by atoms with Crippen molar-refractivity contribution in [2.75, 3.05) is 26.9 Å². The van der Waals surface area contributed by atoms with Crippen LogP contribution in [0.5, 0.6) is 11.5 Å². The number of benzene rings is 1. The number of amides is 1. The van der Waals surface area contributed by atoms with Crippen LogP contribution in [0.4, 0.5) is 0 Å². The number of oxime groups is 1. The monoisotopic (exact) mass is 680 g/mol. The van der Waals surface area contributed by atoms with Crippen molar-refractivity contribution in [2.45, 2.75) is 128 Å². The molecule has 3 aliphatic carbocycles. The normalized spacial score (nSPS) is 28.7. The van der Waals surface area contributed by atoms with Gasteiger partial charge in [0.2, 0.25) is 11.7 Å². The maximum Gasteiger partial charge on any atom is 0.239 e. The molecule has 1 amide bonds. The SMILES string of the molecule is C=CCOC12Oc3ccc(O)cc3C3C(CCCCO)C(CCCCO)C=C(C(=NOC(C)(C)C)CC1N(C)C(=O)CCC1CCCC1)C32. The van der Waals surface area contributed by atoms with Gasteiger partial charge >= 0.3 is 0 Å². The average Bonchev–Trinajstić information content (AvgIpc) is 3.60. The number of unbranched alkanes of at least 4 members (excludes halogenated alkanes) is 2.